The first kappa shape index (κ1) is 12.0. The topological polar surface area (TPSA) is 38.3 Å². The summed E-state index contributed by atoms with van der Waals surface area (Å²) in [7, 11) is 1.46. The van der Waals surface area contributed by atoms with Crippen molar-refractivity contribution in [2.45, 2.75) is 12.8 Å². The number of anilines is 1. The van der Waals surface area contributed by atoms with E-state index in [4.69, 9.17) is 4.74 Å². The van der Waals surface area contributed by atoms with E-state index >= 15 is 0 Å². The lowest BCUT2D eigenvalue weighted by molar-refractivity contribution is -0.146. The van der Waals surface area contributed by atoms with Crippen molar-refractivity contribution in [2.75, 3.05) is 19.0 Å². The Morgan fingerprint density at radius 1 is 1.21 bits per heavy atom. The molecule has 98 valence electrons. The second kappa shape index (κ2) is 4.57. The molecule has 3 heteroatoms. The third-order valence-corrected chi connectivity index (χ3v) is 3.88. The van der Waals surface area contributed by atoms with E-state index in [9.17, 15) is 4.79 Å². The van der Waals surface area contributed by atoms with Crippen LogP contribution >= 0.6 is 0 Å². The quantitative estimate of drug-likeness (QED) is 0.853. The summed E-state index contributed by atoms with van der Waals surface area (Å²) < 4.78 is 4.87. The lowest BCUT2D eigenvalue weighted by atomic mass is 10.1. The van der Waals surface area contributed by atoms with Gasteiger partial charge in [0.2, 0.25) is 0 Å². The zero-order chi connectivity index (χ0) is 13.3. The zero-order valence-corrected chi connectivity index (χ0v) is 11.0. The molecule has 0 aromatic heterocycles. The molecule has 0 spiro atoms. The fourth-order valence-corrected chi connectivity index (χ4v) is 2.46. The number of esters is 1. The normalized spacial score (nSPS) is 16.1. The van der Waals surface area contributed by atoms with Gasteiger partial charge in [0, 0.05) is 17.6 Å². The molecule has 19 heavy (non-hydrogen) atoms. The number of hydrogen-bond donors (Lipinski definition) is 1. The third kappa shape index (κ3) is 2.16. The Kier molecular flexibility index (Phi) is 2.90. The molecule has 0 bridgehead atoms. The fraction of sp³-hybridized carbons (Fsp3) is 0.312. The minimum Gasteiger partial charge on any atom is -0.469 e. The van der Waals surface area contributed by atoms with Crippen LogP contribution in [0.25, 0.3) is 10.8 Å². The van der Waals surface area contributed by atoms with Gasteiger partial charge in [0.25, 0.3) is 0 Å². The largest absolute Gasteiger partial charge is 0.469 e. The van der Waals surface area contributed by atoms with Crippen LogP contribution < -0.4 is 5.32 Å². The predicted octanol–water partition coefficient (Wildman–Crippen LogP) is 3.20. The van der Waals surface area contributed by atoms with Crippen LogP contribution in [-0.2, 0) is 9.53 Å². The number of methoxy groups -OCH3 is 1. The summed E-state index contributed by atoms with van der Waals surface area (Å²) in [6.07, 6.45) is 1.83. The van der Waals surface area contributed by atoms with E-state index in [2.05, 4.69) is 29.6 Å². The molecule has 0 saturated heterocycles. The van der Waals surface area contributed by atoms with Gasteiger partial charge in [-0.05, 0) is 24.3 Å². The maximum atomic E-state index is 11.7. The lowest BCUT2D eigenvalue weighted by Crippen LogP contribution is -2.26. The Morgan fingerprint density at radius 3 is 2.68 bits per heavy atom. The highest BCUT2D eigenvalue weighted by Gasteiger charge is 2.50. The van der Waals surface area contributed by atoms with Crippen molar-refractivity contribution in [1.82, 2.24) is 0 Å². The van der Waals surface area contributed by atoms with E-state index in [0.29, 0.717) is 6.54 Å². The average molecular weight is 255 g/mol. The molecular weight excluding hydrogens is 238 g/mol. The molecule has 1 aliphatic rings. The monoisotopic (exact) mass is 255 g/mol. The van der Waals surface area contributed by atoms with Crippen molar-refractivity contribution in [3.63, 3.8) is 0 Å². The van der Waals surface area contributed by atoms with E-state index in [-0.39, 0.29) is 11.4 Å². The first-order chi connectivity index (χ1) is 9.25. The van der Waals surface area contributed by atoms with Gasteiger partial charge in [-0.1, -0.05) is 36.4 Å². The van der Waals surface area contributed by atoms with Gasteiger partial charge in [0.1, 0.15) is 0 Å². The number of fused-ring (bicyclic) bond motifs is 1. The molecule has 0 amide bonds. The molecule has 2 aromatic rings. The predicted molar refractivity (Wildman–Crippen MR) is 76.1 cm³/mol. The van der Waals surface area contributed by atoms with Crippen LogP contribution in [0.15, 0.2) is 42.5 Å². The van der Waals surface area contributed by atoms with Gasteiger partial charge in [-0.3, -0.25) is 4.79 Å². The summed E-state index contributed by atoms with van der Waals surface area (Å²) in [6, 6.07) is 14.4. The lowest BCUT2D eigenvalue weighted by Gasteiger charge is -2.15. The Labute approximate surface area is 112 Å². The minimum atomic E-state index is -0.300. The standard InChI is InChI=1S/C16H17NO2/c1-19-15(18)16(9-10-16)11-17-14-8-4-6-12-5-2-3-7-13(12)14/h2-8,17H,9-11H2,1H3. The molecule has 2 aromatic carbocycles. The molecule has 0 unspecified atom stereocenters. The van der Waals surface area contributed by atoms with Crippen molar-refractivity contribution >= 4 is 22.4 Å². The zero-order valence-electron chi connectivity index (χ0n) is 11.0. The highest BCUT2D eigenvalue weighted by molar-refractivity contribution is 5.94. The SMILES string of the molecule is COC(=O)C1(CNc2cccc3ccccc23)CC1. The third-order valence-electron chi connectivity index (χ3n) is 3.88. The molecule has 1 aliphatic carbocycles. The number of benzene rings is 2. The number of rotatable bonds is 4. The molecule has 0 atom stereocenters. The van der Waals surface area contributed by atoms with Gasteiger partial charge in [-0.15, -0.1) is 0 Å². The van der Waals surface area contributed by atoms with Crippen molar-refractivity contribution in [2.24, 2.45) is 5.41 Å². The maximum absolute atomic E-state index is 11.7. The van der Waals surface area contributed by atoms with Crippen molar-refractivity contribution in [1.29, 1.82) is 0 Å². The van der Waals surface area contributed by atoms with Gasteiger partial charge >= 0.3 is 5.97 Å². The summed E-state index contributed by atoms with van der Waals surface area (Å²) in [4.78, 5) is 11.7. The Balaban J connectivity index is 1.81. The Hall–Kier alpha value is -2.03. The minimum absolute atomic E-state index is 0.0970. The van der Waals surface area contributed by atoms with Crippen LogP contribution in [0.5, 0.6) is 0 Å². The molecule has 1 saturated carbocycles. The highest BCUT2D eigenvalue weighted by atomic mass is 16.5. The molecule has 0 aliphatic heterocycles. The van der Waals surface area contributed by atoms with Crippen LogP contribution in [-0.4, -0.2) is 19.6 Å². The smallest absolute Gasteiger partial charge is 0.313 e. The summed E-state index contributed by atoms with van der Waals surface area (Å²) in [5.74, 6) is -0.0970. The molecule has 0 heterocycles. The van der Waals surface area contributed by atoms with Crippen LogP contribution in [0.1, 0.15) is 12.8 Å². The van der Waals surface area contributed by atoms with E-state index in [0.717, 1.165) is 18.5 Å². The molecule has 0 radical (unpaired) electrons. The maximum Gasteiger partial charge on any atom is 0.313 e. The van der Waals surface area contributed by atoms with Crippen molar-refractivity contribution in [3.8, 4) is 0 Å². The van der Waals surface area contributed by atoms with Crippen LogP contribution in [0.2, 0.25) is 0 Å². The molecule has 1 fully saturated rings. The molecule has 1 N–H and O–H groups in total. The van der Waals surface area contributed by atoms with Crippen molar-refractivity contribution < 1.29 is 9.53 Å². The summed E-state index contributed by atoms with van der Waals surface area (Å²) in [5, 5.41) is 5.79. The van der Waals surface area contributed by atoms with Gasteiger partial charge in [-0.2, -0.15) is 0 Å². The molecule has 3 rings (SSSR count). The average Bonchev–Trinajstić information content (AvgIpc) is 3.25. The summed E-state index contributed by atoms with van der Waals surface area (Å²) >= 11 is 0. The Bertz CT molecular complexity index is 612. The van der Waals surface area contributed by atoms with Gasteiger partial charge in [-0.25, -0.2) is 0 Å². The van der Waals surface area contributed by atoms with Crippen LogP contribution in [0.3, 0.4) is 0 Å². The highest BCUT2D eigenvalue weighted by Crippen LogP contribution is 2.46. The van der Waals surface area contributed by atoms with Crippen LogP contribution in [0.4, 0.5) is 5.69 Å². The number of nitrogens with one attached hydrogen (secondary N) is 1. The van der Waals surface area contributed by atoms with Gasteiger partial charge in [0.05, 0.1) is 12.5 Å². The number of carbonyl (C=O) groups excluding carboxylic acids is 1. The fourth-order valence-electron chi connectivity index (χ4n) is 2.46. The van der Waals surface area contributed by atoms with Gasteiger partial charge in [0.15, 0.2) is 0 Å². The van der Waals surface area contributed by atoms with E-state index in [1.807, 2.05) is 18.2 Å². The van der Waals surface area contributed by atoms with Gasteiger partial charge < -0.3 is 10.1 Å². The van der Waals surface area contributed by atoms with E-state index in [1.54, 1.807) is 0 Å². The van der Waals surface area contributed by atoms with Crippen molar-refractivity contribution in [3.05, 3.63) is 42.5 Å². The number of ether oxygens (including phenoxy) is 1. The van der Waals surface area contributed by atoms with E-state index in [1.165, 1.54) is 17.9 Å². The first-order valence-corrected chi connectivity index (χ1v) is 6.55. The van der Waals surface area contributed by atoms with Crippen LogP contribution in [0, 0.1) is 5.41 Å². The first-order valence-electron chi connectivity index (χ1n) is 6.55. The second-order valence-electron chi connectivity index (χ2n) is 5.15. The molecule has 3 nitrogen and oxygen atoms in total. The summed E-state index contributed by atoms with van der Waals surface area (Å²) in [6.45, 7) is 0.647. The molecular formula is C16H17NO2. The van der Waals surface area contributed by atoms with E-state index < -0.39 is 0 Å². The Morgan fingerprint density at radius 2 is 1.95 bits per heavy atom. The second-order valence-corrected chi connectivity index (χ2v) is 5.15. The number of hydrogen-bond acceptors (Lipinski definition) is 3. The number of carbonyl (C=O) groups is 1. The summed E-state index contributed by atoms with van der Waals surface area (Å²) in [5.41, 5.74) is 0.777.